The molecule has 0 saturated heterocycles. The molecule has 0 unspecified atom stereocenters. The second-order valence-corrected chi connectivity index (χ2v) is 5.94. The minimum Gasteiger partial charge on any atom is -0.476 e. The molecule has 0 aliphatic rings. The molecule has 2 aromatic carbocycles. The van der Waals surface area contributed by atoms with Crippen LogP contribution in [0.1, 0.15) is 27.5 Å². The van der Waals surface area contributed by atoms with Gasteiger partial charge in [0.15, 0.2) is 10.8 Å². The van der Waals surface area contributed by atoms with Crippen molar-refractivity contribution in [1.29, 1.82) is 0 Å². The number of nitrogens with one attached hydrogen (secondary N) is 1. The Morgan fingerprint density at radius 1 is 0.958 bits per heavy atom. The van der Waals surface area contributed by atoms with Gasteiger partial charge in [-0.3, -0.25) is 4.79 Å². The number of anilines is 1. The smallest absolute Gasteiger partial charge is 0.355 e. The van der Waals surface area contributed by atoms with E-state index in [1.165, 1.54) is 5.38 Å². The van der Waals surface area contributed by atoms with Crippen LogP contribution in [-0.4, -0.2) is 22.0 Å². The summed E-state index contributed by atoms with van der Waals surface area (Å²) in [4.78, 5) is 27.6. The zero-order chi connectivity index (χ0) is 16.9. The summed E-state index contributed by atoms with van der Waals surface area (Å²) in [5.74, 6) is -1.86. The summed E-state index contributed by atoms with van der Waals surface area (Å²) in [6.07, 6.45) is 0. The van der Waals surface area contributed by atoms with Gasteiger partial charge < -0.3 is 10.4 Å². The van der Waals surface area contributed by atoms with E-state index in [0.29, 0.717) is 0 Å². The van der Waals surface area contributed by atoms with Gasteiger partial charge >= 0.3 is 5.97 Å². The predicted octanol–water partition coefficient (Wildman–Crippen LogP) is 3.61. The molecule has 120 valence electrons. The second kappa shape index (κ2) is 7.06. The first kappa shape index (κ1) is 15.9. The molecule has 0 spiro atoms. The number of carbonyl (C=O) groups is 2. The van der Waals surface area contributed by atoms with Crippen LogP contribution < -0.4 is 5.32 Å². The molecular weight excluding hydrogens is 324 g/mol. The van der Waals surface area contributed by atoms with Gasteiger partial charge in [0.2, 0.25) is 5.91 Å². The lowest BCUT2D eigenvalue weighted by atomic mass is 9.90. The lowest BCUT2D eigenvalue weighted by Crippen LogP contribution is -2.22. The standard InChI is InChI=1S/C18H14N2O3S/c21-16(20-18-19-14(11-24-18)17(22)23)15(12-7-3-1-4-8-12)13-9-5-2-6-10-13/h1-11,15H,(H,22,23)(H,19,20,21). The third-order valence-electron chi connectivity index (χ3n) is 3.48. The number of aromatic nitrogens is 1. The van der Waals surface area contributed by atoms with E-state index in [2.05, 4.69) is 10.3 Å². The Balaban J connectivity index is 1.90. The largest absolute Gasteiger partial charge is 0.476 e. The maximum Gasteiger partial charge on any atom is 0.355 e. The van der Waals surface area contributed by atoms with Crippen LogP contribution >= 0.6 is 11.3 Å². The van der Waals surface area contributed by atoms with Gasteiger partial charge in [0.05, 0.1) is 5.92 Å². The van der Waals surface area contributed by atoms with Crippen molar-refractivity contribution in [2.45, 2.75) is 5.92 Å². The first-order chi connectivity index (χ1) is 11.6. The van der Waals surface area contributed by atoms with Crippen molar-refractivity contribution in [3.05, 3.63) is 82.9 Å². The van der Waals surface area contributed by atoms with Crippen LogP contribution in [0.2, 0.25) is 0 Å². The summed E-state index contributed by atoms with van der Waals surface area (Å²) in [7, 11) is 0. The summed E-state index contributed by atoms with van der Waals surface area (Å²) >= 11 is 1.09. The quantitative estimate of drug-likeness (QED) is 0.745. The van der Waals surface area contributed by atoms with E-state index in [9.17, 15) is 9.59 Å². The molecule has 24 heavy (non-hydrogen) atoms. The minimum atomic E-state index is -1.12. The molecule has 0 bridgehead atoms. The molecule has 1 heterocycles. The van der Waals surface area contributed by atoms with Crippen LogP contribution in [0.15, 0.2) is 66.0 Å². The first-order valence-corrected chi connectivity index (χ1v) is 8.12. The van der Waals surface area contributed by atoms with E-state index in [4.69, 9.17) is 5.11 Å². The highest BCUT2D eigenvalue weighted by Crippen LogP contribution is 2.27. The molecule has 6 heteroatoms. The molecule has 1 aromatic heterocycles. The number of carboxylic acid groups (broad SMARTS) is 1. The van der Waals surface area contributed by atoms with E-state index in [-0.39, 0.29) is 16.7 Å². The average molecular weight is 338 g/mol. The summed E-state index contributed by atoms with van der Waals surface area (Å²) in [6, 6.07) is 18.9. The Morgan fingerprint density at radius 3 is 1.96 bits per heavy atom. The van der Waals surface area contributed by atoms with Gasteiger partial charge in [-0.05, 0) is 11.1 Å². The van der Waals surface area contributed by atoms with Gasteiger partial charge in [-0.1, -0.05) is 60.7 Å². The number of amides is 1. The fourth-order valence-corrected chi connectivity index (χ4v) is 3.08. The lowest BCUT2D eigenvalue weighted by molar-refractivity contribution is -0.116. The Bertz CT molecular complexity index is 807. The number of nitrogens with zero attached hydrogens (tertiary/aromatic N) is 1. The van der Waals surface area contributed by atoms with Gasteiger partial charge in [0, 0.05) is 5.38 Å². The predicted molar refractivity (Wildman–Crippen MR) is 92.4 cm³/mol. The summed E-state index contributed by atoms with van der Waals surface area (Å²) in [5.41, 5.74) is 1.64. The van der Waals surface area contributed by atoms with E-state index >= 15 is 0 Å². The highest BCUT2D eigenvalue weighted by Gasteiger charge is 2.23. The highest BCUT2D eigenvalue weighted by molar-refractivity contribution is 7.14. The number of carboxylic acids is 1. The highest BCUT2D eigenvalue weighted by atomic mass is 32.1. The minimum absolute atomic E-state index is 0.0775. The van der Waals surface area contributed by atoms with Crippen LogP contribution in [0.5, 0.6) is 0 Å². The van der Waals surface area contributed by atoms with Crippen LogP contribution in [-0.2, 0) is 4.79 Å². The molecule has 2 N–H and O–H groups in total. The summed E-state index contributed by atoms with van der Waals surface area (Å²) < 4.78 is 0. The molecule has 0 atom stereocenters. The zero-order valence-corrected chi connectivity index (χ0v) is 13.4. The van der Waals surface area contributed by atoms with Crippen LogP contribution in [0.25, 0.3) is 0 Å². The number of benzene rings is 2. The molecule has 0 aliphatic carbocycles. The van der Waals surface area contributed by atoms with Gasteiger partial charge in [0.25, 0.3) is 0 Å². The summed E-state index contributed by atoms with van der Waals surface area (Å²) in [5, 5.41) is 13.3. The molecule has 0 fully saturated rings. The fourth-order valence-electron chi connectivity index (χ4n) is 2.39. The zero-order valence-electron chi connectivity index (χ0n) is 12.5. The molecule has 5 nitrogen and oxygen atoms in total. The number of carbonyl (C=O) groups excluding carboxylic acids is 1. The maximum atomic E-state index is 12.8. The van der Waals surface area contributed by atoms with Crippen molar-refractivity contribution in [1.82, 2.24) is 4.98 Å². The normalized spacial score (nSPS) is 10.5. The molecule has 1 amide bonds. The van der Waals surface area contributed by atoms with Gasteiger partial charge in [-0.25, -0.2) is 9.78 Å². The SMILES string of the molecule is O=C(O)c1csc(NC(=O)C(c2ccccc2)c2ccccc2)n1. The van der Waals surface area contributed by atoms with Gasteiger partial charge in [0.1, 0.15) is 0 Å². The van der Waals surface area contributed by atoms with Crippen LogP contribution in [0.4, 0.5) is 5.13 Å². The Kier molecular flexibility index (Phi) is 4.67. The lowest BCUT2D eigenvalue weighted by Gasteiger charge is -2.16. The van der Waals surface area contributed by atoms with E-state index in [1.807, 2.05) is 60.7 Å². The van der Waals surface area contributed by atoms with Crippen molar-refractivity contribution >= 4 is 28.3 Å². The van der Waals surface area contributed by atoms with E-state index < -0.39 is 11.9 Å². The molecule has 3 rings (SSSR count). The van der Waals surface area contributed by atoms with Crippen molar-refractivity contribution in [2.75, 3.05) is 5.32 Å². The molecule has 3 aromatic rings. The third kappa shape index (κ3) is 3.49. The van der Waals surface area contributed by atoms with Crippen molar-refractivity contribution in [3.8, 4) is 0 Å². The number of hydrogen-bond acceptors (Lipinski definition) is 4. The van der Waals surface area contributed by atoms with Gasteiger partial charge in [-0.15, -0.1) is 11.3 Å². The number of rotatable bonds is 5. The van der Waals surface area contributed by atoms with Crippen molar-refractivity contribution in [3.63, 3.8) is 0 Å². The summed E-state index contributed by atoms with van der Waals surface area (Å²) in [6.45, 7) is 0. The average Bonchev–Trinajstić information content (AvgIpc) is 3.06. The third-order valence-corrected chi connectivity index (χ3v) is 4.24. The Hall–Kier alpha value is -2.99. The first-order valence-electron chi connectivity index (χ1n) is 7.24. The van der Waals surface area contributed by atoms with Crippen molar-refractivity contribution in [2.24, 2.45) is 0 Å². The Labute approximate surface area is 142 Å². The van der Waals surface area contributed by atoms with Crippen LogP contribution in [0, 0.1) is 0 Å². The topological polar surface area (TPSA) is 79.3 Å². The van der Waals surface area contributed by atoms with E-state index in [0.717, 1.165) is 22.5 Å². The van der Waals surface area contributed by atoms with Crippen molar-refractivity contribution < 1.29 is 14.7 Å². The molecular formula is C18H14N2O3S. The number of thiazole rings is 1. The van der Waals surface area contributed by atoms with Gasteiger partial charge in [-0.2, -0.15) is 0 Å². The number of aromatic carboxylic acids is 1. The van der Waals surface area contributed by atoms with E-state index in [1.54, 1.807) is 0 Å². The monoisotopic (exact) mass is 338 g/mol. The molecule has 0 saturated carbocycles. The maximum absolute atomic E-state index is 12.8. The number of hydrogen-bond donors (Lipinski definition) is 2. The Morgan fingerprint density at radius 2 is 1.50 bits per heavy atom. The second-order valence-electron chi connectivity index (χ2n) is 5.09. The molecule has 0 aliphatic heterocycles. The fraction of sp³-hybridized carbons (Fsp3) is 0.0556. The molecule has 0 radical (unpaired) electrons. The van der Waals surface area contributed by atoms with Crippen LogP contribution in [0.3, 0.4) is 0 Å².